The van der Waals surface area contributed by atoms with Crippen LogP contribution in [-0.4, -0.2) is 68.2 Å². The molecule has 0 spiro atoms. The third kappa shape index (κ3) is 10.4. The first-order valence-corrected chi connectivity index (χ1v) is 16.3. The summed E-state index contributed by atoms with van der Waals surface area (Å²) in [6.07, 6.45) is 7.33. The highest BCUT2D eigenvalue weighted by Crippen LogP contribution is 2.42. The highest BCUT2D eigenvalue weighted by Gasteiger charge is 2.39. The van der Waals surface area contributed by atoms with Gasteiger partial charge in [0.2, 0.25) is 5.91 Å². The van der Waals surface area contributed by atoms with Crippen LogP contribution in [0.2, 0.25) is 0 Å². The number of rotatable bonds is 18. The average molecular weight is 615 g/mol. The number of hydrogen-bond acceptors (Lipinski definition) is 7. The number of aliphatic hydroxyl groups excluding tert-OH is 1. The van der Waals surface area contributed by atoms with Gasteiger partial charge in [0.1, 0.15) is 23.4 Å². The molecular weight excluding hydrogens is 568 g/mol. The number of para-hydroxylation sites is 1. The van der Waals surface area contributed by atoms with Crippen LogP contribution in [0.4, 0.5) is 0 Å². The Labute approximate surface area is 267 Å². The molecule has 2 aliphatic heterocycles. The lowest BCUT2D eigenvalue weighted by molar-refractivity contribution is -0.117. The summed E-state index contributed by atoms with van der Waals surface area (Å²) < 4.78 is 22.7. The first-order chi connectivity index (χ1) is 22.1. The van der Waals surface area contributed by atoms with Crippen LogP contribution >= 0.6 is 0 Å². The van der Waals surface area contributed by atoms with Gasteiger partial charge in [-0.05, 0) is 86.3 Å². The van der Waals surface area contributed by atoms with Crippen molar-refractivity contribution in [3.05, 3.63) is 90.0 Å². The van der Waals surface area contributed by atoms with Crippen LogP contribution in [0.1, 0.15) is 68.3 Å². The number of epoxide rings is 1. The number of unbranched alkanes of at least 4 members (excludes halogenated alkanes) is 1. The summed E-state index contributed by atoms with van der Waals surface area (Å²) in [7, 11) is 1.66. The number of hydrogen-bond donors (Lipinski definition) is 1. The Bertz CT molecular complexity index is 1330. The predicted molar refractivity (Wildman–Crippen MR) is 175 cm³/mol. The maximum Gasteiger partial charge on any atom is 0.245 e. The minimum absolute atomic E-state index is 0.137. The van der Waals surface area contributed by atoms with Crippen LogP contribution in [0.15, 0.2) is 83.9 Å². The van der Waals surface area contributed by atoms with E-state index in [1.54, 1.807) is 13.3 Å². The van der Waals surface area contributed by atoms with Gasteiger partial charge in [0.25, 0.3) is 0 Å². The first kappa shape index (κ1) is 32.7. The molecule has 45 heavy (non-hydrogen) atoms. The van der Waals surface area contributed by atoms with Crippen LogP contribution in [-0.2, 0) is 9.53 Å². The van der Waals surface area contributed by atoms with Crippen LogP contribution in [0.5, 0.6) is 17.2 Å². The summed E-state index contributed by atoms with van der Waals surface area (Å²) in [6, 6.07) is 25.3. The number of benzene rings is 3. The highest BCUT2D eigenvalue weighted by molar-refractivity contribution is 5.85. The third-order valence-electron chi connectivity index (χ3n) is 8.43. The molecule has 3 aromatic carbocycles. The lowest BCUT2D eigenvalue weighted by Crippen LogP contribution is -2.31. The maximum absolute atomic E-state index is 12.7. The monoisotopic (exact) mass is 614 g/mol. The van der Waals surface area contributed by atoms with Crippen LogP contribution in [0.25, 0.3) is 0 Å². The van der Waals surface area contributed by atoms with Crippen molar-refractivity contribution < 1.29 is 28.8 Å². The van der Waals surface area contributed by atoms with Crippen molar-refractivity contribution in [1.82, 2.24) is 4.90 Å². The van der Waals surface area contributed by atoms with E-state index in [4.69, 9.17) is 18.9 Å². The number of ether oxygens (including phenoxy) is 4. The van der Waals surface area contributed by atoms with Gasteiger partial charge in [-0.1, -0.05) is 48.9 Å². The molecule has 2 saturated heterocycles. The third-order valence-corrected chi connectivity index (χ3v) is 8.43. The van der Waals surface area contributed by atoms with Crippen molar-refractivity contribution in [2.24, 2.45) is 10.9 Å². The minimum Gasteiger partial charge on any atom is -0.497 e. The van der Waals surface area contributed by atoms with Crippen LogP contribution in [0, 0.1) is 5.92 Å². The Balaban J connectivity index is 1.04. The molecule has 8 heteroatoms. The maximum atomic E-state index is 12.7. The second-order valence-corrected chi connectivity index (χ2v) is 11.8. The number of methoxy groups -OCH3 is 1. The summed E-state index contributed by atoms with van der Waals surface area (Å²) in [4.78, 5) is 19.3. The van der Waals surface area contributed by atoms with Gasteiger partial charge in [-0.2, -0.15) is 0 Å². The molecular formula is C37H46N2O6. The highest BCUT2D eigenvalue weighted by atomic mass is 16.6. The summed E-state index contributed by atoms with van der Waals surface area (Å²) in [5.41, 5.74) is 1.95. The smallest absolute Gasteiger partial charge is 0.245 e. The van der Waals surface area contributed by atoms with E-state index in [0.29, 0.717) is 26.2 Å². The fraction of sp³-hybridized carbons (Fsp3) is 0.459. The molecule has 240 valence electrons. The predicted octanol–water partition coefficient (Wildman–Crippen LogP) is 6.59. The second kappa shape index (κ2) is 17.1. The largest absolute Gasteiger partial charge is 0.497 e. The number of nitrogens with zero attached hydrogens (tertiary/aromatic N) is 2. The number of likely N-dealkylation sites (tertiary alicyclic amines) is 1. The Morgan fingerprint density at radius 2 is 1.58 bits per heavy atom. The molecule has 2 fully saturated rings. The zero-order valence-corrected chi connectivity index (χ0v) is 26.3. The van der Waals surface area contributed by atoms with E-state index in [9.17, 15) is 9.90 Å². The summed E-state index contributed by atoms with van der Waals surface area (Å²) in [5.74, 6) is 2.02. The fourth-order valence-electron chi connectivity index (χ4n) is 5.77. The van der Waals surface area contributed by atoms with Crippen molar-refractivity contribution in [2.75, 3.05) is 40.0 Å². The summed E-state index contributed by atoms with van der Waals surface area (Å²) in [5, 5.41) is 11.3. The molecule has 0 saturated carbocycles. The van der Waals surface area contributed by atoms with E-state index < -0.39 is 6.10 Å². The Hall–Kier alpha value is -3.72. The molecule has 3 aromatic rings. The van der Waals surface area contributed by atoms with E-state index in [2.05, 4.69) is 9.89 Å². The van der Waals surface area contributed by atoms with Gasteiger partial charge in [-0.25, -0.2) is 4.99 Å². The van der Waals surface area contributed by atoms with Gasteiger partial charge in [-0.3, -0.25) is 4.79 Å². The molecule has 1 N–H and O–H groups in total. The molecule has 2 heterocycles. The number of amides is 1. The van der Waals surface area contributed by atoms with E-state index in [1.165, 1.54) is 0 Å². The van der Waals surface area contributed by atoms with Crippen LogP contribution in [0.3, 0.4) is 0 Å². The number of carbonyl (C=O) groups excluding carboxylic acids is 1. The van der Waals surface area contributed by atoms with Crippen LogP contribution < -0.4 is 14.2 Å². The molecule has 0 radical (unpaired) electrons. The average Bonchev–Trinajstić information content (AvgIpc) is 3.67. The lowest BCUT2D eigenvalue weighted by Gasteiger charge is -2.25. The minimum atomic E-state index is -0.766. The van der Waals surface area contributed by atoms with E-state index in [1.807, 2.05) is 78.9 Å². The van der Waals surface area contributed by atoms with Crippen molar-refractivity contribution in [2.45, 2.75) is 63.3 Å². The topological polar surface area (TPSA) is 93.1 Å². The van der Waals surface area contributed by atoms with Gasteiger partial charge in [0.15, 0.2) is 0 Å². The van der Waals surface area contributed by atoms with Crippen molar-refractivity contribution in [3.63, 3.8) is 0 Å². The molecule has 0 aliphatic carbocycles. The van der Waals surface area contributed by atoms with Crippen molar-refractivity contribution in [1.29, 1.82) is 0 Å². The molecule has 1 amide bonds. The molecule has 0 aromatic heterocycles. The number of aliphatic hydroxyl groups is 1. The molecule has 3 unspecified atom stereocenters. The summed E-state index contributed by atoms with van der Waals surface area (Å²) in [6.45, 7) is 3.80. The van der Waals surface area contributed by atoms with Gasteiger partial charge < -0.3 is 29.0 Å². The molecule has 5 rings (SSSR count). The standard InChI is InChI=1S/C37H46N2O6/c1-42-31-18-16-29(17-19-31)37-34(45-37)12-5-6-13-35(40)38-26-30(27-39-22-7-8-23-39)36(41)28-14-20-33(21-15-28)44-25-9-24-43-32-10-3-2-4-11-32/h2-4,10-11,14-21,26,30,34,36-37,41H,5-9,12-13,22-25,27H2,1H3/t30?,34?,36-,37?/m1/s1. The Kier molecular flexibility index (Phi) is 12.4. The summed E-state index contributed by atoms with van der Waals surface area (Å²) >= 11 is 0. The quantitative estimate of drug-likeness (QED) is 0.0982. The first-order valence-electron chi connectivity index (χ1n) is 16.3. The van der Waals surface area contributed by atoms with Gasteiger partial charge in [0.05, 0.1) is 32.5 Å². The molecule has 4 atom stereocenters. The van der Waals surface area contributed by atoms with E-state index >= 15 is 0 Å². The van der Waals surface area contributed by atoms with Crippen molar-refractivity contribution in [3.8, 4) is 17.2 Å². The fourth-order valence-corrected chi connectivity index (χ4v) is 5.77. The second-order valence-electron chi connectivity index (χ2n) is 11.8. The Morgan fingerprint density at radius 1 is 0.911 bits per heavy atom. The molecule has 2 aliphatic rings. The van der Waals surface area contributed by atoms with E-state index in [0.717, 1.165) is 80.0 Å². The van der Waals surface area contributed by atoms with Gasteiger partial charge in [-0.15, -0.1) is 0 Å². The van der Waals surface area contributed by atoms with Gasteiger partial charge >= 0.3 is 0 Å². The Morgan fingerprint density at radius 3 is 2.27 bits per heavy atom. The zero-order valence-electron chi connectivity index (χ0n) is 26.3. The number of carbonyl (C=O) groups is 1. The zero-order chi connectivity index (χ0) is 31.3. The molecule has 8 nitrogen and oxygen atoms in total. The SMILES string of the molecule is COc1ccc(C2OC2CCCCC(=O)N=CC(CN2CCCC2)[C@H](O)c2ccc(OCCCOc3ccccc3)cc2)cc1. The molecule has 0 bridgehead atoms. The van der Waals surface area contributed by atoms with Gasteiger partial charge in [0, 0.05) is 31.5 Å². The van der Waals surface area contributed by atoms with E-state index in [-0.39, 0.29) is 24.0 Å². The lowest BCUT2D eigenvalue weighted by atomic mass is 9.96. The normalized spacial score (nSPS) is 19.3. The number of aliphatic imine (C=N–C) groups is 1. The van der Waals surface area contributed by atoms with Crippen molar-refractivity contribution >= 4 is 12.1 Å².